The Morgan fingerprint density at radius 1 is 1.58 bits per heavy atom. The molecule has 3 nitrogen and oxygen atoms in total. The highest BCUT2D eigenvalue weighted by molar-refractivity contribution is 9.10. The molecule has 1 aromatic carbocycles. The monoisotopic (exact) mass is 328 g/mol. The summed E-state index contributed by atoms with van der Waals surface area (Å²) in [5.74, 6) is 0.138. The average Bonchev–Trinajstić information content (AvgIpc) is 2.43. The number of amides is 1. The zero-order valence-corrected chi connectivity index (χ0v) is 12.5. The van der Waals surface area contributed by atoms with Crippen molar-refractivity contribution in [3.05, 3.63) is 28.5 Å². The van der Waals surface area contributed by atoms with Crippen LogP contribution in [0, 0.1) is 11.7 Å². The molecule has 1 saturated heterocycles. The molecule has 0 aliphatic carbocycles. The van der Waals surface area contributed by atoms with Gasteiger partial charge in [-0.15, -0.1) is 0 Å². The molecular formula is C14H18BrFN2O. The maximum atomic E-state index is 13.2. The maximum Gasteiger partial charge on any atom is 0.241 e. The largest absolute Gasteiger partial charge is 0.324 e. The summed E-state index contributed by atoms with van der Waals surface area (Å²) in [7, 11) is 0. The predicted molar refractivity (Wildman–Crippen MR) is 77.5 cm³/mol. The van der Waals surface area contributed by atoms with Crippen LogP contribution in [0.1, 0.15) is 26.2 Å². The molecule has 1 fully saturated rings. The summed E-state index contributed by atoms with van der Waals surface area (Å²) >= 11 is 3.31. The van der Waals surface area contributed by atoms with Crippen LogP contribution < -0.4 is 10.6 Å². The lowest BCUT2D eigenvalue weighted by Gasteiger charge is -2.28. The van der Waals surface area contributed by atoms with Crippen LogP contribution in [0.5, 0.6) is 0 Å². The molecule has 2 rings (SSSR count). The summed E-state index contributed by atoms with van der Waals surface area (Å²) in [6.45, 7) is 3.01. The number of benzene rings is 1. The number of hydrogen-bond donors (Lipinski definition) is 2. The number of halogens is 2. The van der Waals surface area contributed by atoms with Crippen LogP contribution in [0.4, 0.5) is 10.1 Å². The molecule has 0 saturated carbocycles. The second kappa shape index (κ2) is 6.48. The van der Waals surface area contributed by atoms with Crippen molar-refractivity contribution in [2.24, 2.45) is 5.92 Å². The van der Waals surface area contributed by atoms with Gasteiger partial charge in [0.05, 0.1) is 11.7 Å². The van der Waals surface area contributed by atoms with E-state index >= 15 is 0 Å². The normalized spacial score (nSPS) is 23.1. The van der Waals surface area contributed by atoms with Gasteiger partial charge in [-0.25, -0.2) is 4.39 Å². The Balaban J connectivity index is 2.02. The van der Waals surface area contributed by atoms with Crippen LogP contribution in [0.15, 0.2) is 22.7 Å². The molecule has 1 heterocycles. The van der Waals surface area contributed by atoms with Crippen LogP contribution >= 0.6 is 15.9 Å². The van der Waals surface area contributed by atoms with Crippen molar-refractivity contribution in [1.82, 2.24) is 5.32 Å². The van der Waals surface area contributed by atoms with Gasteiger partial charge in [0, 0.05) is 4.47 Å². The molecule has 0 aromatic heterocycles. The van der Waals surface area contributed by atoms with Crippen LogP contribution in [-0.2, 0) is 4.79 Å². The van der Waals surface area contributed by atoms with Crippen molar-refractivity contribution >= 4 is 27.5 Å². The fourth-order valence-corrected chi connectivity index (χ4v) is 2.73. The third kappa shape index (κ3) is 3.76. The van der Waals surface area contributed by atoms with E-state index in [2.05, 4.69) is 33.5 Å². The minimum atomic E-state index is -0.360. The lowest BCUT2D eigenvalue weighted by Crippen LogP contribution is -2.46. The molecule has 19 heavy (non-hydrogen) atoms. The predicted octanol–water partition coefficient (Wildman–Crippen LogP) is 3.30. The number of piperidine rings is 1. The van der Waals surface area contributed by atoms with Gasteiger partial charge in [-0.2, -0.15) is 0 Å². The van der Waals surface area contributed by atoms with Gasteiger partial charge in [0.2, 0.25) is 5.91 Å². The van der Waals surface area contributed by atoms with E-state index in [1.54, 1.807) is 6.07 Å². The number of anilines is 1. The average molecular weight is 329 g/mol. The first kappa shape index (κ1) is 14.5. The molecule has 1 amide bonds. The van der Waals surface area contributed by atoms with Gasteiger partial charge in [0.1, 0.15) is 5.82 Å². The van der Waals surface area contributed by atoms with Gasteiger partial charge in [0.15, 0.2) is 0 Å². The molecule has 2 N–H and O–H groups in total. The zero-order valence-electron chi connectivity index (χ0n) is 10.9. The topological polar surface area (TPSA) is 41.1 Å². The van der Waals surface area contributed by atoms with Crippen LogP contribution in [0.25, 0.3) is 0 Å². The fraction of sp³-hybridized carbons (Fsp3) is 0.500. The van der Waals surface area contributed by atoms with E-state index < -0.39 is 0 Å². The van der Waals surface area contributed by atoms with E-state index in [1.165, 1.54) is 12.1 Å². The van der Waals surface area contributed by atoms with Gasteiger partial charge in [-0.05, 0) is 59.4 Å². The zero-order chi connectivity index (χ0) is 13.8. The van der Waals surface area contributed by atoms with Crippen molar-refractivity contribution in [2.45, 2.75) is 32.2 Å². The summed E-state index contributed by atoms with van der Waals surface area (Å²) in [6, 6.07) is 4.08. The first-order chi connectivity index (χ1) is 9.10. The molecule has 5 heteroatoms. The van der Waals surface area contributed by atoms with Crippen molar-refractivity contribution in [1.29, 1.82) is 0 Å². The second-order valence-electron chi connectivity index (χ2n) is 4.92. The van der Waals surface area contributed by atoms with E-state index in [9.17, 15) is 9.18 Å². The van der Waals surface area contributed by atoms with Gasteiger partial charge < -0.3 is 10.6 Å². The van der Waals surface area contributed by atoms with Gasteiger partial charge >= 0.3 is 0 Å². The summed E-state index contributed by atoms with van der Waals surface area (Å²) in [4.78, 5) is 12.2. The third-order valence-electron chi connectivity index (χ3n) is 3.59. The minimum Gasteiger partial charge on any atom is -0.324 e. The molecular weight excluding hydrogens is 311 g/mol. The Labute approximate surface area is 121 Å². The summed E-state index contributed by atoms with van der Waals surface area (Å²) in [5.41, 5.74) is 0.477. The van der Waals surface area contributed by atoms with Crippen LogP contribution in [-0.4, -0.2) is 18.5 Å². The Hall–Kier alpha value is -0.940. The van der Waals surface area contributed by atoms with Crippen molar-refractivity contribution in [2.75, 3.05) is 11.9 Å². The van der Waals surface area contributed by atoms with Crippen molar-refractivity contribution < 1.29 is 9.18 Å². The standard InChI is InChI=1S/C14H18BrFN2O/c1-2-9-5-6-17-13(7-9)14(19)18-12-8-10(16)3-4-11(12)15/h3-4,8-9,13,17H,2,5-7H2,1H3,(H,18,19). The van der Waals surface area contributed by atoms with Gasteiger partial charge in [0.25, 0.3) is 0 Å². The summed E-state index contributed by atoms with van der Waals surface area (Å²) in [6.07, 6.45) is 3.05. The number of carbonyl (C=O) groups is 1. The second-order valence-corrected chi connectivity index (χ2v) is 5.77. The quantitative estimate of drug-likeness (QED) is 0.893. The summed E-state index contributed by atoms with van der Waals surface area (Å²) < 4.78 is 13.9. The van der Waals surface area contributed by atoms with Gasteiger partial charge in [-0.1, -0.05) is 13.3 Å². The third-order valence-corrected chi connectivity index (χ3v) is 4.28. The van der Waals surface area contributed by atoms with Crippen LogP contribution in [0.3, 0.4) is 0 Å². The molecule has 2 unspecified atom stereocenters. The fourth-order valence-electron chi connectivity index (χ4n) is 2.38. The van der Waals surface area contributed by atoms with E-state index in [1.807, 2.05) is 0 Å². The van der Waals surface area contributed by atoms with Crippen molar-refractivity contribution in [3.8, 4) is 0 Å². The molecule has 1 aliphatic rings. The Morgan fingerprint density at radius 3 is 3.11 bits per heavy atom. The Bertz CT molecular complexity index is 467. The van der Waals surface area contributed by atoms with E-state index in [4.69, 9.17) is 0 Å². The SMILES string of the molecule is CCC1CCNC(C(=O)Nc2cc(F)ccc2Br)C1. The highest BCUT2D eigenvalue weighted by atomic mass is 79.9. The molecule has 1 aliphatic heterocycles. The smallest absolute Gasteiger partial charge is 0.241 e. The molecule has 0 radical (unpaired) electrons. The van der Waals surface area contributed by atoms with E-state index in [-0.39, 0.29) is 17.8 Å². The molecule has 104 valence electrons. The first-order valence-electron chi connectivity index (χ1n) is 6.59. The highest BCUT2D eigenvalue weighted by Crippen LogP contribution is 2.25. The van der Waals surface area contributed by atoms with Crippen molar-refractivity contribution in [3.63, 3.8) is 0 Å². The summed E-state index contributed by atoms with van der Waals surface area (Å²) in [5, 5.41) is 5.99. The Kier molecular flexibility index (Phi) is 4.93. The highest BCUT2D eigenvalue weighted by Gasteiger charge is 2.26. The number of carbonyl (C=O) groups excluding carboxylic acids is 1. The molecule has 2 atom stereocenters. The lowest BCUT2D eigenvalue weighted by atomic mass is 9.90. The lowest BCUT2D eigenvalue weighted by molar-refractivity contribution is -0.119. The van der Waals surface area contributed by atoms with E-state index in [0.717, 1.165) is 25.8 Å². The minimum absolute atomic E-state index is 0.0931. The van der Waals surface area contributed by atoms with Gasteiger partial charge in [-0.3, -0.25) is 4.79 Å². The first-order valence-corrected chi connectivity index (χ1v) is 7.38. The number of rotatable bonds is 3. The molecule has 0 bridgehead atoms. The van der Waals surface area contributed by atoms with E-state index in [0.29, 0.717) is 16.1 Å². The Morgan fingerprint density at radius 2 is 2.37 bits per heavy atom. The molecule has 0 spiro atoms. The number of hydrogen-bond acceptors (Lipinski definition) is 2. The maximum absolute atomic E-state index is 13.2. The number of nitrogens with one attached hydrogen (secondary N) is 2. The molecule has 1 aromatic rings. The van der Waals surface area contributed by atoms with Crippen LogP contribution in [0.2, 0.25) is 0 Å².